The molecule has 1 N–H and O–H groups in total. The summed E-state index contributed by atoms with van der Waals surface area (Å²) in [5.41, 5.74) is 2.33. The predicted molar refractivity (Wildman–Crippen MR) is 87.2 cm³/mol. The number of rotatable bonds is 6. The predicted octanol–water partition coefficient (Wildman–Crippen LogP) is 3.45. The molecular formula is C14H15N5S2. The van der Waals surface area contributed by atoms with E-state index in [4.69, 9.17) is 0 Å². The first-order chi connectivity index (χ1) is 10.3. The topological polar surface area (TPSA) is 55.6 Å². The fourth-order valence-corrected chi connectivity index (χ4v) is 3.58. The summed E-state index contributed by atoms with van der Waals surface area (Å²) in [5, 5.41) is 16.5. The third-order valence-corrected chi connectivity index (χ3v) is 4.89. The minimum Gasteiger partial charge on any atom is -0.360 e. The molecule has 3 rings (SSSR count). The Labute approximate surface area is 131 Å². The molecule has 0 saturated carbocycles. The Balaban J connectivity index is 1.60. The monoisotopic (exact) mass is 317 g/mol. The number of thioether (sulfide) groups is 1. The van der Waals surface area contributed by atoms with Gasteiger partial charge in [0.05, 0.1) is 5.69 Å². The van der Waals surface area contributed by atoms with Crippen LogP contribution in [0.25, 0.3) is 5.69 Å². The van der Waals surface area contributed by atoms with Gasteiger partial charge in [0.2, 0.25) is 5.13 Å². The Bertz CT molecular complexity index is 676. The molecule has 7 heteroatoms. The summed E-state index contributed by atoms with van der Waals surface area (Å²) in [6.07, 6.45) is 3.72. The zero-order valence-corrected chi connectivity index (χ0v) is 13.2. The highest BCUT2D eigenvalue weighted by Crippen LogP contribution is 2.28. The van der Waals surface area contributed by atoms with E-state index >= 15 is 0 Å². The van der Waals surface area contributed by atoms with Crippen LogP contribution in [0.15, 0.2) is 47.1 Å². The maximum Gasteiger partial charge on any atom is 0.206 e. The summed E-state index contributed by atoms with van der Waals surface area (Å²) in [4.78, 5) is 0. The van der Waals surface area contributed by atoms with Gasteiger partial charge in [0.15, 0.2) is 4.34 Å². The third-order valence-electron chi connectivity index (χ3n) is 2.80. The number of aromatic nitrogens is 4. The molecule has 0 spiro atoms. The molecule has 21 heavy (non-hydrogen) atoms. The molecule has 0 atom stereocenters. The second kappa shape index (κ2) is 6.73. The van der Waals surface area contributed by atoms with Crippen LogP contribution in [0.1, 0.15) is 12.5 Å². The molecule has 3 aromatic rings. The van der Waals surface area contributed by atoms with Crippen molar-refractivity contribution in [3.8, 4) is 5.69 Å². The lowest BCUT2D eigenvalue weighted by Crippen LogP contribution is -1.94. The highest BCUT2D eigenvalue weighted by molar-refractivity contribution is 8.00. The molecule has 108 valence electrons. The van der Waals surface area contributed by atoms with Crippen LogP contribution in [0.3, 0.4) is 0 Å². The van der Waals surface area contributed by atoms with Crippen LogP contribution in [-0.4, -0.2) is 26.5 Å². The van der Waals surface area contributed by atoms with Crippen molar-refractivity contribution in [2.45, 2.75) is 17.0 Å². The van der Waals surface area contributed by atoms with Crippen LogP contribution >= 0.6 is 23.1 Å². The minimum atomic E-state index is 0.869. The van der Waals surface area contributed by atoms with E-state index in [1.807, 2.05) is 16.9 Å². The van der Waals surface area contributed by atoms with E-state index < -0.39 is 0 Å². The van der Waals surface area contributed by atoms with Crippen LogP contribution in [0.4, 0.5) is 5.13 Å². The van der Waals surface area contributed by atoms with Crippen molar-refractivity contribution in [2.75, 3.05) is 11.9 Å². The van der Waals surface area contributed by atoms with Crippen molar-refractivity contribution in [3.05, 3.63) is 48.3 Å². The van der Waals surface area contributed by atoms with Crippen LogP contribution < -0.4 is 5.32 Å². The van der Waals surface area contributed by atoms with Gasteiger partial charge in [-0.2, -0.15) is 5.10 Å². The van der Waals surface area contributed by atoms with E-state index in [2.05, 4.69) is 51.8 Å². The molecule has 0 amide bonds. The number of nitrogens with one attached hydrogen (secondary N) is 1. The lowest BCUT2D eigenvalue weighted by Gasteiger charge is -2.03. The zero-order chi connectivity index (χ0) is 14.5. The molecular weight excluding hydrogens is 302 g/mol. The van der Waals surface area contributed by atoms with Gasteiger partial charge in [-0.15, -0.1) is 10.2 Å². The van der Waals surface area contributed by atoms with Gasteiger partial charge >= 0.3 is 0 Å². The summed E-state index contributed by atoms with van der Waals surface area (Å²) in [6, 6.07) is 10.3. The number of hydrogen-bond donors (Lipinski definition) is 1. The molecule has 0 radical (unpaired) electrons. The summed E-state index contributed by atoms with van der Waals surface area (Å²) in [5.74, 6) is 0.889. The molecule has 0 saturated heterocycles. The second-order valence-corrected chi connectivity index (χ2v) is 6.51. The smallest absolute Gasteiger partial charge is 0.206 e. The normalized spacial score (nSPS) is 10.7. The van der Waals surface area contributed by atoms with E-state index in [1.165, 1.54) is 5.56 Å². The number of anilines is 1. The SMILES string of the molecule is CCNc1nnc(SCc2ccc(-n3cccn3)cc2)s1. The maximum atomic E-state index is 4.22. The van der Waals surface area contributed by atoms with Crippen LogP contribution in [0, 0.1) is 0 Å². The van der Waals surface area contributed by atoms with Crippen molar-refractivity contribution in [2.24, 2.45) is 0 Å². The molecule has 0 aliphatic heterocycles. The molecule has 1 aromatic carbocycles. The molecule has 0 fully saturated rings. The quantitative estimate of drug-likeness (QED) is 0.706. The molecule has 5 nitrogen and oxygen atoms in total. The van der Waals surface area contributed by atoms with Crippen molar-refractivity contribution in [3.63, 3.8) is 0 Å². The average molecular weight is 317 g/mol. The first-order valence-electron chi connectivity index (χ1n) is 6.64. The molecule has 2 aromatic heterocycles. The number of nitrogens with zero attached hydrogens (tertiary/aromatic N) is 4. The molecule has 0 unspecified atom stereocenters. The highest BCUT2D eigenvalue weighted by atomic mass is 32.2. The van der Waals surface area contributed by atoms with Crippen molar-refractivity contribution in [1.29, 1.82) is 0 Å². The Hall–Kier alpha value is -1.86. The summed E-state index contributed by atoms with van der Waals surface area (Å²) < 4.78 is 2.84. The molecule has 0 bridgehead atoms. The lowest BCUT2D eigenvalue weighted by molar-refractivity contribution is 0.880. The van der Waals surface area contributed by atoms with Gasteiger partial charge in [-0.1, -0.05) is 35.2 Å². The second-order valence-electron chi connectivity index (χ2n) is 4.31. The Morgan fingerprint density at radius 3 is 2.81 bits per heavy atom. The van der Waals surface area contributed by atoms with E-state index in [-0.39, 0.29) is 0 Å². The lowest BCUT2D eigenvalue weighted by atomic mass is 10.2. The van der Waals surface area contributed by atoms with E-state index in [9.17, 15) is 0 Å². The first-order valence-corrected chi connectivity index (χ1v) is 8.44. The minimum absolute atomic E-state index is 0.869. The Morgan fingerprint density at radius 2 is 2.10 bits per heavy atom. The zero-order valence-electron chi connectivity index (χ0n) is 11.6. The Kier molecular flexibility index (Phi) is 4.52. The maximum absolute atomic E-state index is 4.22. The average Bonchev–Trinajstić information content (AvgIpc) is 3.18. The molecule has 0 aliphatic carbocycles. The van der Waals surface area contributed by atoms with Crippen molar-refractivity contribution < 1.29 is 0 Å². The van der Waals surface area contributed by atoms with Crippen LogP contribution in [0.2, 0.25) is 0 Å². The summed E-state index contributed by atoms with van der Waals surface area (Å²) >= 11 is 3.30. The summed E-state index contributed by atoms with van der Waals surface area (Å²) in [6.45, 7) is 2.92. The first kappa shape index (κ1) is 14.1. The van der Waals surface area contributed by atoms with Gasteiger partial charge in [-0.3, -0.25) is 0 Å². The molecule has 2 heterocycles. The van der Waals surface area contributed by atoms with E-state index in [0.29, 0.717) is 0 Å². The van der Waals surface area contributed by atoms with Crippen LogP contribution in [-0.2, 0) is 5.75 Å². The van der Waals surface area contributed by atoms with Gasteiger partial charge in [0.1, 0.15) is 0 Å². The van der Waals surface area contributed by atoms with Gasteiger partial charge in [-0.05, 0) is 30.7 Å². The van der Waals surface area contributed by atoms with Crippen molar-refractivity contribution in [1.82, 2.24) is 20.0 Å². The summed E-state index contributed by atoms with van der Waals surface area (Å²) in [7, 11) is 0. The fraction of sp³-hybridized carbons (Fsp3) is 0.214. The van der Waals surface area contributed by atoms with Gasteiger partial charge in [0.25, 0.3) is 0 Å². The van der Waals surface area contributed by atoms with Gasteiger partial charge in [0, 0.05) is 24.7 Å². The number of hydrogen-bond acceptors (Lipinski definition) is 6. The number of benzene rings is 1. The van der Waals surface area contributed by atoms with Crippen LogP contribution in [0.5, 0.6) is 0 Å². The fourth-order valence-electron chi connectivity index (χ4n) is 1.80. The largest absolute Gasteiger partial charge is 0.360 e. The van der Waals surface area contributed by atoms with E-state index in [0.717, 1.165) is 27.5 Å². The van der Waals surface area contributed by atoms with E-state index in [1.54, 1.807) is 29.3 Å². The standard InChI is InChI=1S/C14H15N5S2/c1-2-15-13-17-18-14(21-13)20-10-11-4-6-12(7-5-11)19-9-3-8-16-19/h3-9H,2,10H2,1H3,(H,15,17). The van der Waals surface area contributed by atoms with Crippen molar-refractivity contribution >= 4 is 28.2 Å². The Morgan fingerprint density at radius 1 is 1.24 bits per heavy atom. The highest BCUT2D eigenvalue weighted by Gasteiger charge is 2.04. The van der Waals surface area contributed by atoms with Gasteiger partial charge in [-0.25, -0.2) is 4.68 Å². The third kappa shape index (κ3) is 3.62. The molecule has 0 aliphatic rings. The van der Waals surface area contributed by atoms with Gasteiger partial charge < -0.3 is 5.32 Å².